The van der Waals surface area contributed by atoms with E-state index < -0.39 is 23.3 Å². The molecule has 1 unspecified atom stereocenters. The highest BCUT2D eigenvalue weighted by molar-refractivity contribution is 6.13. The van der Waals surface area contributed by atoms with Gasteiger partial charge in [-0.15, -0.1) is 0 Å². The summed E-state index contributed by atoms with van der Waals surface area (Å²) in [6, 6.07) is 13.1. The van der Waals surface area contributed by atoms with E-state index in [1.165, 1.54) is 19.2 Å². The van der Waals surface area contributed by atoms with Crippen molar-refractivity contribution in [3.8, 4) is 16.9 Å². The van der Waals surface area contributed by atoms with Crippen LogP contribution in [0, 0.1) is 0 Å². The minimum Gasteiger partial charge on any atom is -0.496 e. The average molecular weight is 366 g/mol. The first-order chi connectivity index (χ1) is 12.2. The second kappa shape index (κ2) is 7.17. The molecular weight excluding hydrogens is 349 g/mol. The van der Waals surface area contributed by atoms with Crippen molar-refractivity contribution in [1.29, 1.82) is 0 Å². The van der Waals surface area contributed by atoms with Gasteiger partial charge in [-0.2, -0.15) is 13.2 Å². The molecule has 2 rings (SSSR count). The van der Waals surface area contributed by atoms with E-state index in [9.17, 15) is 22.8 Å². The maximum absolute atomic E-state index is 13.2. The number of ketones is 1. The van der Waals surface area contributed by atoms with Gasteiger partial charge in [-0.05, 0) is 30.2 Å². The van der Waals surface area contributed by atoms with Crippen LogP contribution < -0.4 is 16.0 Å². The molecule has 0 aliphatic carbocycles. The second-order valence-electron chi connectivity index (χ2n) is 5.71. The number of nitrogens with two attached hydrogens (primary N) is 1. The van der Waals surface area contributed by atoms with Crippen LogP contribution in [0.5, 0.6) is 5.75 Å². The molecule has 0 aliphatic heterocycles. The summed E-state index contributed by atoms with van der Waals surface area (Å²) in [5, 5.41) is 0. The number of carbonyl (C=O) groups excluding carboxylic acids is 2. The van der Waals surface area contributed by atoms with Gasteiger partial charge in [0.15, 0.2) is 0 Å². The summed E-state index contributed by atoms with van der Waals surface area (Å²) in [6.07, 6.45) is -5.24. The second-order valence-corrected chi connectivity index (χ2v) is 5.71. The van der Waals surface area contributed by atoms with Gasteiger partial charge >= 0.3 is 6.18 Å². The lowest BCUT2D eigenvalue weighted by molar-refractivity contribution is -0.178. The van der Waals surface area contributed by atoms with E-state index >= 15 is 0 Å². The first-order valence-corrected chi connectivity index (χ1v) is 7.52. The maximum atomic E-state index is 13.2. The van der Waals surface area contributed by atoms with Crippen molar-refractivity contribution in [2.45, 2.75) is 18.5 Å². The molecule has 2 aromatic rings. The monoisotopic (exact) mass is 366 g/mol. The first kappa shape index (κ1) is 19.5. The Morgan fingerprint density at radius 1 is 1.04 bits per heavy atom. The third-order valence-electron chi connectivity index (χ3n) is 4.14. The molecule has 8 heteroatoms. The van der Waals surface area contributed by atoms with Crippen LogP contribution in [-0.4, -0.2) is 25.0 Å². The van der Waals surface area contributed by atoms with Crippen LogP contribution in [0.3, 0.4) is 0 Å². The highest BCUT2D eigenvalue weighted by atomic mass is 19.4. The largest absolute Gasteiger partial charge is 0.496 e. The molecule has 0 radical (unpaired) electrons. The van der Waals surface area contributed by atoms with Crippen LogP contribution in [0.15, 0.2) is 48.5 Å². The maximum Gasteiger partial charge on any atom is 0.451 e. The summed E-state index contributed by atoms with van der Waals surface area (Å²) in [6.45, 7) is 0.873. The van der Waals surface area contributed by atoms with Gasteiger partial charge in [0.2, 0.25) is 0 Å². The highest BCUT2D eigenvalue weighted by Crippen LogP contribution is 2.40. The number of hydrazine groups is 1. The number of benzene rings is 2. The number of methoxy groups -OCH3 is 1. The van der Waals surface area contributed by atoms with E-state index in [1.807, 2.05) is 0 Å². The molecule has 0 aromatic heterocycles. The molecule has 0 heterocycles. The Kier molecular flexibility index (Phi) is 5.36. The minimum atomic E-state index is -5.24. The van der Waals surface area contributed by atoms with Crippen molar-refractivity contribution in [2.24, 2.45) is 5.84 Å². The summed E-state index contributed by atoms with van der Waals surface area (Å²) >= 11 is 0. The van der Waals surface area contributed by atoms with Gasteiger partial charge < -0.3 is 4.74 Å². The van der Waals surface area contributed by atoms with E-state index in [4.69, 9.17) is 10.6 Å². The third-order valence-corrected chi connectivity index (χ3v) is 4.14. The van der Waals surface area contributed by atoms with Gasteiger partial charge in [-0.25, -0.2) is 5.84 Å². The molecule has 1 amide bonds. The van der Waals surface area contributed by atoms with Crippen molar-refractivity contribution in [1.82, 2.24) is 5.43 Å². The van der Waals surface area contributed by atoms with Gasteiger partial charge in [-0.1, -0.05) is 36.4 Å². The molecular formula is C18H17F3N2O3. The van der Waals surface area contributed by atoms with E-state index in [0.717, 1.165) is 6.92 Å². The molecule has 3 N–H and O–H groups in total. The molecule has 0 saturated carbocycles. The van der Waals surface area contributed by atoms with Crippen LogP contribution in [0.1, 0.15) is 12.5 Å². The summed E-state index contributed by atoms with van der Waals surface area (Å²) in [5.74, 6) is 1.50. The van der Waals surface area contributed by atoms with E-state index in [1.54, 1.807) is 41.8 Å². The number of carbonyl (C=O) groups is 2. The van der Waals surface area contributed by atoms with E-state index in [0.29, 0.717) is 11.1 Å². The zero-order chi connectivity index (χ0) is 19.5. The number of hydrogen-bond acceptors (Lipinski definition) is 4. The summed E-state index contributed by atoms with van der Waals surface area (Å²) in [7, 11) is 1.24. The number of hydrogen-bond donors (Lipinski definition) is 2. The zero-order valence-corrected chi connectivity index (χ0v) is 14.1. The number of rotatable bonds is 5. The molecule has 2 aromatic carbocycles. The number of Topliss-reactive ketones (excluding diaryl/α,β-unsaturated/α-hetero) is 1. The van der Waals surface area contributed by atoms with Gasteiger partial charge in [0.05, 0.1) is 7.11 Å². The van der Waals surface area contributed by atoms with Crippen molar-refractivity contribution in [2.75, 3.05) is 7.11 Å². The van der Waals surface area contributed by atoms with Crippen LogP contribution in [-0.2, 0) is 15.0 Å². The fourth-order valence-electron chi connectivity index (χ4n) is 2.68. The molecule has 138 valence electrons. The van der Waals surface area contributed by atoms with Crippen molar-refractivity contribution in [3.05, 3.63) is 54.1 Å². The topological polar surface area (TPSA) is 81.4 Å². The Morgan fingerprint density at radius 2 is 1.65 bits per heavy atom. The Bertz CT molecular complexity index is 822. The predicted molar refractivity (Wildman–Crippen MR) is 89.2 cm³/mol. The Labute approximate surface area is 147 Å². The standard InChI is InChI=1S/C18H17F3N2O3/c1-17(16(25)23-22,15(24)18(19,20)21)13-10-12(8-9-14(13)26-2)11-6-4-3-5-7-11/h3-10H,22H2,1-2H3,(H,23,25). The number of nitrogens with one attached hydrogen (secondary N) is 1. The number of ether oxygens (including phenoxy) is 1. The molecule has 26 heavy (non-hydrogen) atoms. The van der Waals surface area contributed by atoms with E-state index in [2.05, 4.69) is 0 Å². The highest BCUT2D eigenvalue weighted by Gasteiger charge is 2.56. The fraction of sp³-hybridized carbons (Fsp3) is 0.222. The number of alkyl halides is 3. The van der Waals surface area contributed by atoms with Crippen LogP contribution in [0.4, 0.5) is 13.2 Å². The molecule has 0 saturated heterocycles. The molecule has 0 fully saturated rings. The lowest BCUT2D eigenvalue weighted by atomic mass is 9.76. The zero-order valence-electron chi connectivity index (χ0n) is 14.1. The minimum absolute atomic E-state index is 0.0339. The molecule has 0 spiro atoms. The number of amides is 1. The van der Waals surface area contributed by atoms with Gasteiger partial charge in [0, 0.05) is 5.56 Å². The SMILES string of the molecule is COc1ccc(-c2ccccc2)cc1C(C)(C(=O)NN)C(=O)C(F)(F)F. The van der Waals surface area contributed by atoms with Crippen molar-refractivity contribution >= 4 is 11.7 Å². The summed E-state index contributed by atoms with van der Waals surface area (Å²) in [5.41, 5.74) is 0.0354. The average Bonchev–Trinajstić information content (AvgIpc) is 2.65. The van der Waals surface area contributed by atoms with Gasteiger partial charge in [-0.3, -0.25) is 15.0 Å². The smallest absolute Gasteiger partial charge is 0.451 e. The van der Waals surface area contributed by atoms with Crippen LogP contribution in [0.2, 0.25) is 0 Å². The van der Waals surface area contributed by atoms with Crippen LogP contribution in [0.25, 0.3) is 11.1 Å². The Balaban J connectivity index is 2.75. The van der Waals surface area contributed by atoms with Gasteiger partial charge in [0.1, 0.15) is 11.2 Å². The van der Waals surface area contributed by atoms with Crippen molar-refractivity contribution < 1.29 is 27.5 Å². The molecule has 5 nitrogen and oxygen atoms in total. The lowest BCUT2D eigenvalue weighted by Crippen LogP contribution is -2.54. The Hall–Kier alpha value is -2.87. The first-order valence-electron chi connectivity index (χ1n) is 7.52. The Morgan fingerprint density at radius 3 is 2.15 bits per heavy atom. The van der Waals surface area contributed by atoms with Crippen LogP contribution >= 0.6 is 0 Å². The van der Waals surface area contributed by atoms with Gasteiger partial charge in [0.25, 0.3) is 11.7 Å². The molecule has 0 aliphatic rings. The fourth-order valence-corrected chi connectivity index (χ4v) is 2.68. The molecule has 1 atom stereocenters. The van der Waals surface area contributed by atoms with Crippen molar-refractivity contribution in [3.63, 3.8) is 0 Å². The molecule has 0 bridgehead atoms. The third kappa shape index (κ3) is 3.41. The van der Waals surface area contributed by atoms with E-state index in [-0.39, 0.29) is 11.3 Å². The number of halogens is 3. The lowest BCUT2D eigenvalue weighted by Gasteiger charge is -2.29. The quantitative estimate of drug-likeness (QED) is 0.369. The predicted octanol–water partition coefficient (Wildman–Crippen LogP) is 2.74. The summed E-state index contributed by atoms with van der Waals surface area (Å²) < 4.78 is 44.6. The normalized spacial score (nSPS) is 13.6. The summed E-state index contributed by atoms with van der Waals surface area (Å²) in [4.78, 5) is 24.3.